The first-order chi connectivity index (χ1) is 19.7. The van der Waals surface area contributed by atoms with Crippen molar-refractivity contribution in [3.05, 3.63) is 53.6 Å². The Hall–Kier alpha value is -2.61. The van der Waals surface area contributed by atoms with Crippen LogP contribution in [0.5, 0.6) is 5.75 Å². The molecule has 0 saturated carbocycles. The smallest absolute Gasteiger partial charge is 0.223 e. The van der Waals surface area contributed by atoms with Gasteiger partial charge in [-0.2, -0.15) is 0 Å². The average Bonchev–Trinajstić information content (AvgIpc) is 3.49. The predicted octanol–water partition coefficient (Wildman–Crippen LogP) is 5.32. The second-order valence-corrected chi connectivity index (χ2v) is 11.6. The third-order valence-electron chi connectivity index (χ3n) is 8.59. The summed E-state index contributed by atoms with van der Waals surface area (Å²) in [6, 6.07) is 15.3. The largest absolute Gasteiger partial charge is 0.492 e. The van der Waals surface area contributed by atoms with Crippen molar-refractivity contribution in [2.24, 2.45) is 0 Å². The normalized spacial score (nSPS) is 20.0. The van der Waals surface area contributed by atoms with E-state index in [2.05, 4.69) is 57.2 Å². The molecule has 0 unspecified atom stereocenters. The van der Waals surface area contributed by atoms with E-state index in [1.807, 2.05) is 4.90 Å². The van der Waals surface area contributed by atoms with Crippen molar-refractivity contribution in [3.63, 3.8) is 0 Å². The second kappa shape index (κ2) is 14.9. The molecule has 3 heterocycles. The maximum absolute atomic E-state index is 12.8. The molecule has 0 bridgehead atoms. The van der Waals surface area contributed by atoms with E-state index in [4.69, 9.17) is 9.47 Å². The van der Waals surface area contributed by atoms with E-state index in [1.54, 1.807) is 6.92 Å². The number of para-hydroxylation sites is 1. The minimum absolute atomic E-state index is 0.126. The van der Waals surface area contributed by atoms with E-state index in [0.29, 0.717) is 0 Å². The number of fused-ring (bicyclic) bond motifs is 1. The van der Waals surface area contributed by atoms with Gasteiger partial charge in [-0.05, 0) is 75.1 Å². The number of morpholine rings is 1. The fourth-order valence-corrected chi connectivity index (χ4v) is 6.33. The number of amides is 1. The van der Waals surface area contributed by atoms with Gasteiger partial charge in [0.1, 0.15) is 12.4 Å². The van der Waals surface area contributed by atoms with Crippen LogP contribution in [-0.4, -0.2) is 81.3 Å². The molecule has 0 spiro atoms. The molecule has 2 aromatic rings. The van der Waals surface area contributed by atoms with Gasteiger partial charge in [-0.3, -0.25) is 14.6 Å². The maximum Gasteiger partial charge on any atom is 0.223 e. The summed E-state index contributed by atoms with van der Waals surface area (Å²) in [6.45, 7) is 12.6. The molecule has 0 radical (unpaired) electrons. The molecular weight excluding hydrogens is 500 g/mol. The van der Waals surface area contributed by atoms with Gasteiger partial charge in [0, 0.05) is 63.1 Å². The highest BCUT2D eigenvalue weighted by Crippen LogP contribution is 2.31. The summed E-state index contributed by atoms with van der Waals surface area (Å²) in [6.07, 6.45) is 8.47. The number of anilines is 2. The molecule has 0 atom stereocenters. The first-order valence-corrected chi connectivity index (χ1v) is 15.6. The zero-order valence-electron chi connectivity index (χ0n) is 24.5. The molecule has 2 saturated heterocycles. The van der Waals surface area contributed by atoms with Crippen LogP contribution in [0.3, 0.4) is 0 Å². The fraction of sp³-hybridized carbons (Fsp3) is 0.606. The molecule has 0 aliphatic carbocycles. The van der Waals surface area contributed by atoms with Crippen LogP contribution in [0.25, 0.3) is 0 Å². The van der Waals surface area contributed by atoms with Crippen molar-refractivity contribution in [1.29, 1.82) is 0 Å². The number of likely N-dealkylation sites (tertiary alicyclic amines) is 1. The van der Waals surface area contributed by atoms with Gasteiger partial charge < -0.3 is 19.3 Å². The van der Waals surface area contributed by atoms with Crippen LogP contribution in [0.15, 0.2) is 42.5 Å². The van der Waals surface area contributed by atoms with E-state index in [9.17, 15) is 4.79 Å². The summed E-state index contributed by atoms with van der Waals surface area (Å²) < 4.78 is 12.0. The number of carbonyl (C=O) groups excluding carboxylic acids is 1. The van der Waals surface area contributed by atoms with Crippen LogP contribution < -0.4 is 14.5 Å². The molecule has 3 aliphatic heterocycles. The maximum atomic E-state index is 12.8. The Morgan fingerprint density at radius 3 is 2.33 bits per heavy atom. The van der Waals surface area contributed by atoms with E-state index in [-0.39, 0.29) is 5.91 Å². The third kappa shape index (κ3) is 7.99. The quantitative estimate of drug-likeness (QED) is 0.467. The summed E-state index contributed by atoms with van der Waals surface area (Å²) in [4.78, 5) is 22.3. The minimum Gasteiger partial charge on any atom is -0.492 e. The average molecular weight is 549 g/mol. The molecular formula is C33H48N4O3. The summed E-state index contributed by atoms with van der Waals surface area (Å²) in [5.41, 5.74) is 4.76. The highest BCUT2D eigenvalue weighted by Gasteiger charge is 2.21. The lowest BCUT2D eigenvalue weighted by Gasteiger charge is -2.32. The van der Waals surface area contributed by atoms with Gasteiger partial charge in [0.25, 0.3) is 0 Å². The number of ether oxygens (including phenoxy) is 2. The Bertz CT molecular complexity index is 1080. The number of benzene rings is 2. The first kappa shape index (κ1) is 28.9. The monoisotopic (exact) mass is 548 g/mol. The van der Waals surface area contributed by atoms with Gasteiger partial charge in [0.05, 0.1) is 13.2 Å². The summed E-state index contributed by atoms with van der Waals surface area (Å²) in [7, 11) is 0. The highest BCUT2D eigenvalue weighted by molar-refractivity contribution is 5.92. The van der Waals surface area contributed by atoms with E-state index in [0.717, 1.165) is 83.5 Å². The molecule has 7 nitrogen and oxygen atoms in total. The second-order valence-electron chi connectivity index (χ2n) is 11.6. The number of rotatable bonds is 7. The molecule has 0 aromatic heterocycles. The predicted molar refractivity (Wildman–Crippen MR) is 162 cm³/mol. The van der Waals surface area contributed by atoms with Crippen molar-refractivity contribution in [2.45, 2.75) is 65.0 Å². The summed E-state index contributed by atoms with van der Waals surface area (Å²) >= 11 is 0. The fourth-order valence-electron chi connectivity index (χ4n) is 6.33. The van der Waals surface area contributed by atoms with Gasteiger partial charge in [0.15, 0.2) is 0 Å². The van der Waals surface area contributed by atoms with Crippen LogP contribution in [-0.2, 0) is 22.6 Å². The Morgan fingerprint density at radius 1 is 0.825 bits per heavy atom. The molecule has 0 N–H and O–H groups in total. The SMILES string of the molecule is CC(=O)N1CCCCCCCN(Cc2ccccc2OCCN2CCCC2)Cc2cc(N3CCOCC3)ccc21. The standard InChI is InChI=1S/C33H48N4O3/c1-28(38)37-18-8-4-2-3-7-17-35(27-30-25-31(13-14-32(30)37)36-20-22-39-23-21-36)26-29-11-5-6-12-33(29)40-24-19-34-15-9-10-16-34/h5-6,11-14,25H,2-4,7-10,15-24,26-27H2,1H3. The Labute approximate surface area is 241 Å². The Morgan fingerprint density at radius 2 is 1.52 bits per heavy atom. The first-order valence-electron chi connectivity index (χ1n) is 15.6. The molecule has 2 aromatic carbocycles. The lowest BCUT2D eigenvalue weighted by atomic mass is 10.0. The van der Waals surface area contributed by atoms with Gasteiger partial charge in [0.2, 0.25) is 5.91 Å². The van der Waals surface area contributed by atoms with E-state index >= 15 is 0 Å². The Balaban J connectivity index is 1.38. The van der Waals surface area contributed by atoms with Crippen LogP contribution >= 0.6 is 0 Å². The van der Waals surface area contributed by atoms with Crippen LogP contribution in [0.4, 0.5) is 11.4 Å². The van der Waals surface area contributed by atoms with Crippen molar-refractivity contribution in [2.75, 3.05) is 75.4 Å². The molecule has 40 heavy (non-hydrogen) atoms. The molecule has 3 aliphatic rings. The molecule has 2 fully saturated rings. The lowest BCUT2D eigenvalue weighted by molar-refractivity contribution is -0.116. The third-order valence-corrected chi connectivity index (χ3v) is 8.59. The van der Waals surface area contributed by atoms with Crippen molar-refractivity contribution in [3.8, 4) is 5.75 Å². The van der Waals surface area contributed by atoms with Crippen molar-refractivity contribution < 1.29 is 14.3 Å². The lowest BCUT2D eigenvalue weighted by Crippen LogP contribution is -2.36. The van der Waals surface area contributed by atoms with Gasteiger partial charge in [-0.15, -0.1) is 0 Å². The van der Waals surface area contributed by atoms with Gasteiger partial charge in [-0.1, -0.05) is 37.5 Å². The van der Waals surface area contributed by atoms with E-state index in [1.165, 1.54) is 68.4 Å². The van der Waals surface area contributed by atoms with Crippen LogP contribution in [0.1, 0.15) is 63.0 Å². The van der Waals surface area contributed by atoms with Crippen molar-refractivity contribution in [1.82, 2.24) is 9.80 Å². The Kier molecular flexibility index (Phi) is 10.7. The van der Waals surface area contributed by atoms with Crippen molar-refractivity contribution >= 4 is 17.3 Å². The number of nitrogens with zero attached hydrogens (tertiary/aromatic N) is 4. The van der Waals surface area contributed by atoms with Gasteiger partial charge >= 0.3 is 0 Å². The highest BCUT2D eigenvalue weighted by atomic mass is 16.5. The molecule has 218 valence electrons. The minimum atomic E-state index is 0.126. The zero-order chi connectivity index (χ0) is 27.6. The molecule has 1 amide bonds. The zero-order valence-corrected chi connectivity index (χ0v) is 24.5. The van der Waals surface area contributed by atoms with Crippen LogP contribution in [0, 0.1) is 0 Å². The number of carbonyl (C=O) groups is 1. The summed E-state index contributed by atoms with van der Waals surface area (Å²) in [5, 5.41) is 0. The summed E-state index contributed by atoms with van der Waals surface area (Å²) in [5.74, 6) is 1.13. The van der Waals surface area contributed by atoms with Crippen LogP contribution in [0.2, 0.25) is 0 Å². The molecule has 5 rings (SSSR count). The van der Waals surface area contributed by atoms with E-state index < -0.39 is 0 Å². The topological polar surface area (TPSA) is 48.5 Å². The van der Waals surface area contributed by atoms with Gasteiger partial charge in [-0.25, -0.2) is 0 Å². The number of hydrogen-bond acceptors (Lipinski definition) is 6. The molecule has 7 heteroatoms. The number of hydrogen-bond donors (Lipinski definition) is 0.